The fraction of sp³-hybridized carbons (Fsp3) is 0.125. The number of anilines is 1. The van der Waals surface area contributed by atoms with E-state index in [0.29, 0.717) is 12.2 Å². The van der Waals surface area contributed by atoms with Crippen LogP contribution in [0, 0.1) is 5.82 Å². The van der Waals surface area contributed by atoms with Crippen LogP contribution >= 0.6 is 0 Å². The molecule has 4 nitrogen and oxygen atoms in total. The zero-order valence-corrected chi connectivity index (χ0v) is 11.3. The second kappa shape index (κ2) is 5.75. The molecule has 0 radical (unpaired) electrons. The van der Waals surface area contributed by atoms with Gasteiger partial charge >= 0.3 is 0 Å². The zero-order chi connectivity index (χ0) is 14.7. The molecule has 2 N–H and O–H groups in total. The molecule has 0 fully saturated rings. The normalized spacial score (nSPS) is 13.5. The standard InChI is InChI=1S/C16H14FN3O/c17-13-7-3-1-5-11(13)16(21)20-14-8-4-2-6-12(14)15-18-9-10-19-15/h1-8H,9-10H2,(H,18,19)(H,20,21). The summed E-state index contributed by atoms with van der Waals surface area (Å²) >= 11 is 0. The van der Waals surface area contributed by atoms with Crippen molar-refractivity contribution in [1.82, 2.24) is 5.32 Å². The highest BCUT2D eigenvalue weighted by molar-refractivity contribution is 6.10. The Labute approximate surface area is 121 Å². The third kappa shape index (κ3) is 2.76. The van der Waals surface area contributed by atoms with Gasteiger partial charge in [-0.25, -0.2) is 4.39 Å². The van der Waals surface area contributed by atoms with Gasteiger partial charge in [-0.05, 0) is 24.3 Å². The van der Waals surface area contributed by atoms with Crippen molar-refractivity contribution in [2.45, 2.75) is 0 Å². The zero-order valence-electron chi connectivity index (χ0n) is 11.3. The molecule has 2 aromatic rings. The maximum Gasteiger partial charge on any atom is 0.258 e. The number of nitrogens with zero attached hydrogens (tertiary/aromatic N) is 1. The number of rotatable bonds is 3. The van der Waals surface area contributed by atoms with E-state index in [0.717, 1.165) is 17.9 Å². The first kappa shape index (κ1) is 13.3. The van der Waals surface area contributed by atoms with E-state index < -0.39 is 11.7 Å². The van der Waals surface area contributed by atoms with E-state index in [1.54, 1.807) is 18.2 Å². The number of amides is 1. The fourth-order valence-electron chi connectivity index (χ4n) is 2.21. The van der Waals surface area contributed by atoms with Crippen molar-refractivity contribution in [3.63, 3.8) is 0 Å². The first-order valence-electron chi connectivity index (χ1n) is 6.69. The van der Waals surface area contributed by atoms with Crippen LogP contribution < -0.4 is 10.6 Å². The minimum atomic E-state index is -0.538. The van der Waals surface area contributed by atoms with Crippen LogP contribution in [0.4, 0.5) is 10.1 Å². The van der Waals surface area contributed by atoms with Gasteiger partial charge in [0.15, 0.2) is 0 Å². The summed E-state index contributed by atoms with van der Waals surface area (Å²) in [5.41, 5.74) is 1.44. The lowest BCUT2D eigenvalue weighted by Crippen LogP contribution is -2.22. The molecule has 0 saturated carbocycles. The summed E-state index contributed by atoms with van der Waals surface area (Å²) in [5.74, 6) is -0.262. The predicted molar refractivity (Wildman–Crippen MR) is 80.2 cm³/mol. The van der Waals surface area contributed by atoms with Crippen LogP contribution in [-0.4, -0.2) is 24.8 Å². The Hall–Kier alpha value is -2.69. The maximum absolute atomic E-state index is 13.6. The van der Waals surface area contributed by atoms with Gasteiger partial charge in [-0.15, -0.1) is 0 Å². The van der Waals surface area contributed by atoms with Crippen molar-refractivity contribution in [2.24, 2.45) is 4.99 Å². The summed E-state index contributed by atoms with van der Waals surface area (Å²) in [6.45, 7) is 1.50. The van der Waals surface area contributed by atoms with Gasteiger partial charge in [0.25, 0.3) is 5.91 Å². The van der Waals surface area contributed by atoms with E-state index in [4.69, 9.17) is 0 Å². The molecular formula is C16H14FN3O. The van der Waals surface area contributed by atoms with Gasteiger partial charge in [-0.3, -0.25) is 9.79 Å². The number of benzene rings is 2. The van der Waals surface area contributed by atoms with Crippen molar-refractivity contribution >= 4 is 17.4 Å². The first-order chi connectivity index (χ1) is 10.3. The minimum Gasteiger partial charge on any atom is -0.368 e. The summed E-state index contributed by atoms with van der Waals surface area (Å²) in [6.07, 6.45) is 0. The Balaban J connectivity index is 1.89. The SMILES string of the molecule is O=C(Nc1ccccc1C1=NCCN1)c1ccccc1F. The molecule has 2 aromatic carbocycles. The third-order valence-corrected chi connectivity index (χ3v) is 3.22. The monoisotopic (exact) mass is 283 g/mol. The second-order valence-corrected chi connectivity index (χ2v) is 4.64. The lowest BCUT2D eigenvalue weighted by atomic mass is 10.1. The number of aliphatic imine (C=N–C) groups is 1. The van der Waals surface area contributed by atoms with Crippen molar-refractivity contribution in [1.29, 1.82) is 0 Å². The van der Waals surface area contributed by atoms with Crippen LogP contribution in [0.1, 0.15) is 15.9 Å². The van der Waals surface area contributed by atoms with Crippen LogP contribution in [0.25, 0.3) is 0 Å². The van der Waals surface area contributed by atoms with E-state index in [1.165, 1.54) is 12.1 Å². The van der Waals surface area contributed by atoms with Gasteiger partial charge in [0.1, 0.15) is 11.7 Å². The third-order valence-electron chi connectivity index (χ3n) is 3.22. The molecule has 0 spiro atoms. The molecule has 0 saturated heterocycles. The quantitative estimate of drug-likeness (QED) is 0.909. The van der Waals surface area contributed by atoms with Gasteiger partial charge in [0, 0.05) is 12.1 Å². The van der Waals surface area contributed by atoms with E-state index in [9.17, 15) is 9.18 Å². The van der Waals surface area contributed by atoms with Gasteiger partial charge < -0.3 is 10.6 Å². The number of halogens is 1. The summed E-state index contributed by atoms with van der Waals surface area (Å²) in [5, 5.41) is 5.91. The summed E-state index contributed by atoms with van der Waals surface area (Å²) < 4.78 is 13.6. The molecule has 1 aliphatic heterocycles. The minimum absolute atomic E-state index is 0.0219. The number of hydrogen-bond donors (Lipinski definition) is 2. The van der Waals surface area contributed by atoms with Crippen LogP contribution in [0.15, 0.2) is 53.5 Å². The second-order valence-electron chi connectivity index (χ2n) is 4.64. The molecule has 0 aliphatic carbocycles. The highest BCUT2D eigenvalue weighted by atomic mass is 19.1. The fourth-order valence-corrected chi connectivity index (χ4v) is 2.21. The molecule has 0 atom stereocenters. The highest BCUT2D eigenvalue weighted by Crippen LogP contribution is 2.18. The predicted octanol–water partition coefficient (Wildman–Crippen LogP) is 2.43. The van der Waals surface area contributed by atoms with E-state index in [2.05, 4.69) is 15.6 Å². The highest BCUT2D eigenvalue weighted by Gasteiger charge is 2.16. The van der Waals surface area contributed by atoms with E-state index in [1.807, 2.05) is 18.2 Å². The average molecular weight is 283 g/mol. The molecule has 3 rings (SSSR count). The van der Waals surface area contributed by atoms with Crippen LogP contribution in [0.2, 0.25) is 0 Å². The molecule has 21 heavy (non-hydrogen) atoms. The lowest BCUT2D eigenvalue weighted by Gasteiger charge is -2.11. The lowest BCUT2D eigenvalue weighted by molar-refractivity contribution is 0.102. The van der Waals surface area contributed by atoms with Crippen molar-refractivity contribution in [3.05, 3.63) is 65.5 Å². The Morgan fingerprint density at radius 2 is 1.90 bits per heavy atom. The molecular weight excluding hydrogens is 269 g/mol. The van der Waals surface area contributed by atoms with E-state index in [-0.39, 0.29) is 5.56 Å². The van der Waals surface area contributed by atoms with Crippen molar-refractivity contribution in [3.8, 4) is 0 Å². The maximum atomic E-state index is 13.6. The largest absolute Gasteiger partial charge is 0.368 e. The molecule has 0 bridgehead atoms. The van der Waals surface area contributed by atoms with Gasteiger partial charge in [0.05, 0.1) is 17.8 Å². The van der Waals surface area contributed by atoms with Crippen LogP contribution in [0.3, 0.4) is 0 Å². The molecule has 1 heterocycles. The molecule has 1 amide bonds. The molecule has 0 aromatic heterocycles. The molecule has 1 aliphatic rings. The van der Waals surface area contributed by atoms with Crippen molar-refractivity contribution < 1.29 is 9.18 Å². The summed E-state index contributed by atoms with van der Waals surface area (Å²) in [6, 6.07) is 13.2. The van der Waals surface area contributed by atoms with E-state index >= 15 is 0 Å². The molecule has 5 heteroatoms. The van der Waals surface area contributed by atoms with Crippen LogP contribution in [0.5, 0.6) is 0 Å². The topological polar surface area (TPSA) is 53.5 Å². The Bertz CT molecular complexity index is 712. The molecule has 0 unspecified atom stereocenters. The molecule has 106 valence electrons. The Morgan fingerprint density at radius 1 is 1.14 bits per heavy atom. The number of nitrogens with one attached hydrogen (secondary N) is 2. The van der Waals surface area contributed by atoms with Gasteiger partial charge in [0.2, 0.25) is 0 Å². The first-order valence-corrected chi connectivity index (χ1v) is 6.69. The summed E-state index contributed by atoms with van der Waals surface area (Å²) in [4.78, 5) is 16.5. The summed E-state index contributed by atoms with van der Waals surface area (Å²) in [7, 11) is 0. The van der Waals surface area contributed by atoms with Gasteiger partial charge in [-0.2, -0.15) is 0 Å². The number of para-hydroxylation sites is 1. The van der Waals surface area contributed by atoms with Crippen LogP contribution in [-0.2, 0) is 0 Å². The number of carbonyl (C=O) groups is 1. The number of carbonyl (C=O) groups excluding carboxylic acids is 1. The Morgan fingerprint density at radius 3 is 2.67 bits per heavy atom. The smallest absolute Gasteiger partial charge is 0.258 e. The van der Waals surface area contributed by atoms with Gasteiger partial charge in [-0.1, -0.05) is 24.3 Å². The average Bonchev–Trinajstić information content (AvgIpc) is 3.02. The number of hydrogen-bond acceptors (Lipinski definition) is 3. The number of amidine groups is 1. The Kier molecular flexibility index (Phi) is 3.64. The van der Waals surface area contributed by atoms with Crippen molar-refractivity contribution in [2.75, 3.05) is 18.4 Å².